The number of anilines is 1. The van der Waals surface area contributed by atoms with Crippen molar-refractivity contribution in [1.29, 1.82) is 0 Å². The predicted molar refractivity (Wildman–Crippen MR) is 132 cm³/mol. The van der Waals surface area contributed by atoms with Gasteiger partial charge in [-0.25, -0.2) is 13.4 Å². The van der Waals surface area contributed by atoms with E-state index in [0.717, 1.165) is 53.0 Å². The quantitative estimate of drug-likeness (QED) is 0.662. The van der Waals surface area contributed by atoms with Gasteiger partial charge in [0.15, 0.2) is 0 Å². The molecule has 4 rings (SSSR count). The van der Waals surface area contributed by atoms with Gasteiger partial charge in [0.05, 0.1) is 17.0 Å². The van der Waals surface area contributed by atoms with Crippen molar-refractivity contribution >= 4 is 21.7 Å². The van der Waals surface area contributed by atoms with Crippen LogP contribution in [0.15, 0.2) is 23.5 Å². The second-order valence-electron chi connectivity index (χ2n) is 9.53. The van der Waals surface area contributed by atoms with Crippen molar-refractivity contribution in [2.45, 2.75) is 52.4 Å². The number of hydrogen-bond donors (Lipinski definition) is 0. The standard InChI is InChI=1S/C25H35N5O3S/c1-17-18(2)20(4)24(21(5)19(17)3)34(32,33)30-13-11-28(12-14-30)25(31)22-7-6-10-29(16-22)23-15-26-8-9-27-23/h8-9,15,22H,6-7,10-14,16H2,1-5H3. The number of benzene rings is 1. The molecule has 0 N–H and O–H groups in total. The molecule has 1 aromatic carbocycles. The van der Waals surface area contributed by atoms with Gasteiger partial charge in [-0.2, -0.15) is 4.31 Å². The van der Waals surface area contributed by atoms with Crippen molar-refractivity contribution in [3.8, 4) is 0 Å². The molecule has 8 nitrogen and oxygen atoms in total. The predicted octanol–water partition coefficient (Wildman–Crippen LogP) is 2.77. The van der Waals surface area contributed by atoms with E-state index in [1.165, 1.54) is 0 Å². The summed E-state index contributed by atoms with van der Waals surface area (Å²) in [7, 11) is -3.63. The third-order valence-electron chi connectivity index (χ3n) is 7.72. The number of carbonyl (C=O) groups is 1. The molecule has 0 spiro atoms. The summed E-state index contributed by atoms with van der Waals surface area (Å²) < 4.78 is 28.8. The van der Waals surface area contributed by atoms with Gasteiger partial charge in [0.1, 0.15) is 5.82 Å². The molecule has 0 aliphatic carbocycles. The van der Waals surface area contributed by atoms with Crippen molar-refractivity contribution in [3.63, 3.8) is 0 Å². The zero-order chi connectivity index (χ0) is 24.6. The van der Waals surface area contributed by atoms with Crippen molar-refractivity contribution in [3.05, 3.63) is 46.4 Å². The molecule has 1 atom stereocenters. The van der Waals surface area contributed by atoms with Gasteiger partial charge in [0.25, 0.3) is 0 Å². The van der Waals surface area contributed by atoms with Crippen molar-refractivity contribution < 1.29 is 13.2 Å². The average Bonchev–Trinajstić information content (AvgIpc) is 2.86. The van der Waals surface area contributed by atoms with Crippen molar-refractivity contribution in [2.24, 2.45) is 5.92 Å². The van der Waals surface area contributed by atoms with Crippen molar-refractivity contribution in [2.75, 3.05) is 44.2 Å². The number of sulfonamides is 1. The summed E-state index contributed by atoms with van der Waals surface area (Å²) in [5.74, 6) is 0.802. The second kappa shape index (κ2) is 9.62. The fourth-order valence-electron chi connectivity index (χ4n) is 5.23. The monoisotopic (exact) mass is 485 g/mol. The van der Waals surface area contributed by atoms with Crippen LogP contribution in [0.5, 0.6) is 0 Å². The molecule has 184 valence electrons. The summed E-state index contributed by atoms with van der Waals surface area (Å²) >= 11 is 0. The average molecular weight is 486 g/mol. The largest absolute Gasteiger partial charge is 0.355 e. The topological polar surface area (TPSA) is 86.7 Å². The first kappa shape index (κ1) is 24.6. The van der Waals surface area contributed by atoms with E-state index in [1.54, 1.807) is 22.9 Å². The maximum Gasteiger partial charge on any atom is 0.243 e. The lowest BCUT2D eigenvalue weighted by Gasteiger charge is -2.39. The third kappa shape index (κ3) is 4.43. The highest BCUT2D eigenvalue weighted by Gasteiger charge is 2.36. The Balaban J connectivity index is 1.45. The van der Waals surface area contributed by atoms with Crippen LogP contribution in [0.1, 0.15) is 40.7 Å². The number of aromatic nitrogens is 2. The van der Waals surface area contributed by atoms with E-state index in [4.69, 9.17) is 0 Å². The van der Waals surface area contributed by atoms with Gasteiger partial charge in [0, 0.05) is 51.7 Å². The summed E-state index contributed by atoms with van der Waals surface area (Å²) in [6.07, 6.45) is 6.81. The van der Waals surface area contributed by atoms with Crippen LogP contribution in [0.2, 0.25) is 0 Å². The molecular weight excluding hydrogens is 450 g/mol. The molecule has 2 fully saturated rings. The van der Waals surface area contributed by atoms with Gasteiger partial charge in [-0.3, -0.25) is 9.78 Å². The van der Waals surface area contributed by atoms with E-state index >= 15 is 0 Å². The van der Waals surface area contributed by atoms with E-state index in [2.05, 4.69) is 14.9 Å². The summed E-state index contributed by atoms with van der Waals surface area (Å²) in [4.78, 5) is 26.2. The molecule has 0 bridgehead atoms. The molecule has 3 heterocycles. The molecular formula is C25H35N5O3S. The fourth-order valence-corrected chi connectivity index (χ4v) is 7.21. The first-order valence-electron chi connectivity index (χ1n) is 12.0. The van der Waals surface area contributed by atoms with Crippen LogP contribution in [0, 0.1) is 40.5 Å². The van der Waals surface area contributed by atoms with Gasteiger partial charge < -0.3 is 9.80 Å². The molecule has 2 aliphatic rings. The van der Waals surface area contributed by atoms with E-state index < -0.39 is 10.0 Å². The lowest BCUT2D eigenvalue weighted by atomic mass is 9.95. The van der Waals surface area contributed by atoms with Crippen LogP contribution in [0.4, 0.5) is 5.82 Å². The van der Waals surface area contributed by atoms with Crippen LogP contribution < -0.4 is 4.90 Å². The maximum absolute atomic E-state index is 13.6. The highest BCUT2D eigenvalue weighted by molar-refractivity contribution is 7.89. The Morgan fingerprint density at radius 3 is 2.09 bits per heavy atom. The number of nitrogens with zero attached hydrogens (tertiary/aromatic N) is 5. The Morgan fingerprint density at radius 2 is 1.50 bits per heavy atom. The van der Waals surface area contributed by atoms with Crippen LogP contribution in [-0.4, -0.2) is 72.8 Å². The number of piperazine rings is 1. The van der Waals surface area contributed by atoms with E-state index in [1.807, 2.05) is 39.5 Å². The highest BCUT2D eigenvalue weighted by atomic mass is 32.2. The number of piperidine rings is 1. The van der Waals surface area contributed by atoms with E-state index in [-0.39, 0.29) is 11.8 Å². The van der Waals surface area contributed by atoms with Gasteiger partial charge >= 0.3 is 0 Å². The highest BCUT2D eigenvalue weighted by Crippen LogP contribution is 2.32. The molecule has 1 amide bonds. The zero-order valence-electron chi connectivity index (χ0n) is 20.8. The molecule has 1 unspecified atom stereocenters. The second-order valence-corrected chi connectivity index (χ2v) is 11.4. The summed E-state index contributed by atoms with van der Waals surface area (Å²) in [5, 5.41) is 0. The van der Waals surface area contributed by atoms with Gasteiger partial charge in [-0.1, -0.05) is 0 Å². The minimum absolute atomic E-state index is 0.106. The zero-order valence-corrected chi connectivity index (χ0v) is 21.7. The number of carbonyl (C=O) groups excluding carboxylic acids is 1. The number of amides is 1. The Morgan fingerprint density at radius 1 is 0.882 bits per heavy atom. The Hall–Kier alpha value is -2.52. The minimum Gasteiger partial charge on any atom is -0.355 e. The molecule has 0 saturated carbocycles. The van der Waals surface area contributed by atoms with Gasteiger partial charge in [-0.05, 0) is 75.3 Å². The first-order chi connectivity index (χ1) is 16.1. The maximum atomic E-state index is 13.6. The smallest absolute Gasteiger partial charge is 0.243 e. The Bertz CT molecular complexity index is 1150. The lowest BCUT2D eigenvalue weighted by Crippen LogP contribution is -2.53. The molecule has 34 heavy (non-hydrogen) atoms. The van der Waals surface area contributed by atoms with Crippen LogP contribution in [0.25, 0.3) is 0 Å². The Kier molecular flexibility index (Phi) is 6.96. The number of hydrogen-bond acceptors (Lipinski definition) is 6. The van der Waals surface area contributed by atoms with Gasteiger partial charge in [-0.15, -0.1) is 0 Å². The van der Waals surface area contributed by atoms with Crippen LogP contribution in [0.3, 0.4) is 0 Å². The normalized spacial score (nSPS) is 20.0. The molecule has 2 aliphatic heterocycles. The van der Waals surface area contributed by atoms with E-state index in [9.17, 15) is 13.2 Å². The Labute approximate surface area is 203 Å². The van der Waals surface area contributed by atoms with Crippen LogP contribution >= 0.6 is 0 Å². The lowest BCUT2D eigenvalue weighted by molar-refractivity contribution is -0.137. The fraction of sp³-hybridized carbons (Fsp3) is 0.560. The van der Waals surface area contributed by atoms with Crippen molar-refractivity contribution in [1.82, 2.24) is 19.2 Å². The molecule has 2 aromatic rings. The van der Waals surface area contributed by atoms with Gasteiger partial charge in [0.2, 0.25) is 15.9 Å². The number of rotatable bonds is 4. The van der Waals surface area contributed by atoms with Crippen LogP contribution in [-0.2, 0) is 14.8 Å². The minimum atomic E-state index is -3.63. The summed E-state index contributed by atoms with van der Waals surface area (Å²) in [6, 6.07) is 0. The molecule has 2 saturated heterocycles. The summed E-state index contributed by atoms with van der Waals surface area (Å²) in [5.41, 5.74) is 4.85. The third-order valence-corrected chi connectivity index (χ3v) is 9.90. The summed E-state index contributed by atoms with van der Waals surface area (Å²) in [6.45, 7) is 12.8. The van der Waals surface area contributed by atoms with E-state index in [0.29, 0.717) is 37.6 Å². The molecule has 0 radical (unpaired) electrons. The first-order valence-corrected chi connectivity index (χ1v) is 13.4. The SMILES string of the molecule is Cc1c(C)c(C)c(S(=O)(=O)N2CCN(C(=O)C3CCCN(c4cnccn4)C3)CC2)c(C)c1C. The molecule has 9 heteroatoms. The molecule has 1 aromatic heterocycles.